The lowest BCUT2D eigenvalue weighted by atomic mass is 9.49. The Labute approximate surface area is 160 Å². The molecule has 1 aromatic carbocycles. The van der Waals surface area contributed by atoms with Gasteiger partial charge in [-0.3, -0.25) is 9.59 Å². The first kappa shape index (κ1) is 17.2. The number of methoxy groups -OCH3 is 1. The van der Waals surface area contributed by atoms with Crippen LogP contribution in [0.15, 0.2) is 24.3 Å². The maximum atomic E-state index is 12.9. The van der Waals surface area contributed by atoms with Gasteiger partial charge in [-0.15, -0.1) is 0 Å². The van der Waals surface area contributed by atoms with Crippen LogP contribution in [0, 0.1) is 23.2 Å². The third-order valence-electron chi connectivity index (χ3n) is 7.37. The molecule has 5 aliphatic rings. The summed E-state index contributed by atoms with van der Waals surface area (Å²) in [4.78, 5) is 26.7. The minimum Gasteiger partial charge on any atom is -0.497 e. The van der Waals surface area contributed by atoms with Crippen molar-refractivity contribution in [2.24, 2.45) is 23.2 Å². The van der Waals surface area contributed by atoms with Crippen molar-refractivity contribution in [3.8, 4) is 5.75 Å². The molecule has 5 nitrogen and oxygen atoms in total. The Hall–Kier alpha value is -1.88. The smallest absolute Gasteiger partial charge is 0.251 e. The summed E-state index contributed by atoms with van der Waals surface area (Å²) in [5.41, 5.74) is 0.996. The van der Waals surface area contributed by atoms with Gasteiger partial charge in [0.1, 0.15) is 5.75 Å². The molecule has 4 bridgehead atoms. The number of carbonyl (C=O) groups excluding carboxylic acids is 2. The van der Waals surface area contributed by atoms with Crippen LogP contribution in [-0.4, -0.2) is 31.5 Å². The molecule has 27 heavy (non-hydrogen) atoms. The third-order valence-corrected chi connectivity index (χ3v) is 7.37. The van der Waals surface area contributed by atoms with Gasteiger partial charge in [0.05, 0.1) is 25.3 Å². The molecule has 1 aromatic rings. The van der Waals surface area contributed by atoms with Gasteiger partial charge >= 0.3 is 0 Å². The number of hydrogen-bond donors (Lipinski definition) is 1. The topological polar surface area (TPSA) is 58.6 Å². The lowest BCUT2D eigenvalue weighted by Gasteiger charge is -2.57. The summed E-state index contributed by atoms with van der Waals surface area (Å²) in [6.45, 7) is 0.886. The van der Waals surface area contributed by atoms with E-state index in [0.29, 0.717) is 16.9 Å². The lowest BCUT2D eigenvalue weighted by Crippen LogP contribution is -2.52. The van der Waals surface area contributed by atoms with Crippen molar-refractivity contribution in [1.29, 1.82) is 0 Å². The van der Waals surface area contributed by atoms with Gasteiger partial charge in [0.15, 0.2) is 0 Å². The second kappa shape index (κ2) is 6.33. The van der Waals surface area contributed by atoms with Crippen LogP contribution in [0.4, 0.5) is 5.69 Å². The normalized spacial score (nSPS) is 37.3. The summed E-state index contributed by atoms with van der Waals surface area (Å²) >= 11 is 0. The summed E-state index contributed by atoms with van der Waals surface area (Å²) in [7, 11) is 1.60. The van der Waals surface area contributed by atoms with Crippen LogP contribution >= 0.6 is 0 Å². The van der Waals surface area contributed by atoms with E-state index in [9.17, 15) is 9.59 Å². The Morgan fingerprint density at radius 3 is 2.19 bits per heavy atom. The SMILES string of the molecule is COc1ccc(N2C(=O)CC(NCC34CC5CC(CC(C5)C3)C4)C2=O)cc1. The van der Waals surface area contributed by atoms with Crippen LogP contribution in [0.25, 0.3) is 0 Å². The largest absolute Gasteiger partial charge is 0.497 e. The molecule has 4 saturated carbocycles. The van der Waals surface area contributed by atoms with Gasteiger partial charge < -0.3 is 10.1 Å². The zero-order valence-electron chi connectivity index (χ0n) is 15.9. The number of anilines is 1. The highest BCUT2D eigenvalue weighted by molar-refractivity contribution is 6.22. The Bertz CT molecular complexity index is 722. The number of nitrogens with one attached hydrogen (secondary N) is 1. The molecule has 0 spiro atoms. The summed E-state index contributed by atoms with van der Waals surface area (Å²) in [6.07, 6.45) is 8.45. The number of benzene rings is 1. The summed E-state index contributed by atoms with van der Waals surface area (Å²) in [6, 6.07) is 6.73. The van der Waals surface area contributed by atoms with Crippen molar-refractivity contribution in [3.63, 3.8) is 0 Å². The Morgan fingerprint density at radius 2 is 1.63 bits per heavy atom. The third kappa shape index (κ3) is 2.96. The van der Waals surface area contributed by atoms with Crippen molar-refractivity contribution < 1.29 is 14.3 Å². The van der Waals surface area contributed by atoms with E-state index in [-0.39, 0.29) is 24.3 Å². The minimum absolute atomic E-state index is 0.116. The molecule has 144 valence electrons. The molecule has 6 rings (SSSR count). The van der Waals surface area contributed by atoms with Crippen molar-refractivity contribution in [3.05, 3.63) is 24.3 Å². The number of rotatable bonds is 5. The highest BCUT2D eigenvalue weighted by atomic mass is 16.5. The first-order chi connectivity index (χ1) is 13.0. The van der Waals surface area contributed by atoms with Crippen LogP contribution in [0.2, 0.25) is 0 Å². The van der Waals surface area contributed by atoms with E-state index in [2.05, 4.69) is 5.32 Å². The van der Waals surface area contributed by atoms with E-state index in [0.717, 1.165) is 24.3 Å². The van der Waals surface area contributed by atoms with E-state index in [4.69, 9.17) is 4.74 Å². The van der Waals surface area contributed by atoms with Gasteiger partial charge in [-0.2, -0.15) is 0 Å². The average Bonchev–Trinajstić information content (AvgIpc) is 2.93. The highest BCUT2D eigenvalue weighted by Gasteiger charge is 2.51. The molecule has 0 radical (unpaired) electrons. The first-order valence-electron chi connectivity index (χ1n) is 10.3. The second-order valence-electron chi connectivity index (χ2n) is 9.32. The van der Waals surface area contributed by atoms with Crippen LogP contribution < -0.4 is 15.0 Å². The zero-order valence-corrected chi connectivity index (χ0v) is 15.9. The van der Waals surface area contributed by atoms with E-state index in [1.807, 2.05) is 0 Å². The van der Waals surface area contributed by atoms with Gasteiger partial charge in [0.2, 0.25) is 5.91 Å². The van der Waals surface area contributed by atoms with Crippen molar-refractivity contribution in [1.82, 2.24) is 5.32 Å². The van der Waals surface area contributed by atoms with E-state index in [1.165, 1.54) is 43.4 Å². The molecule has 1 heterocycles. The Morgan fingerprint density at radius 1 is 1.04 bits per heavy atom. The van der Waals surface area contributed by atoms with Crippen LogP contribution in [0.1, 0.15) is 44.9 Å². The van der Waals surface area contributed by atoms with Crippen LogP contribution in [0.5, 0.6) is 5.75 Å². The van der Waals surface area contributed by atoms with E-state index in [1.54, 1.807) is 31.4 Å². The standard InChI is InChI=1S/C22H28N2O3/c1-27-18-4-2-17(3-5-18)24-20(25)9-19(21(24)26)23-13-22-10-14-6-15(11-22)8-16(7-14)12-22/h2-5,14-16,19,23H,6-13H2,1H3. The van der Waals surface area contributed by atoms with E-state index < -0.39 is 0 Å². The highest BCUT2D eigenvalue weighted by Crippen LogP contribution is 2.59. The van der Waals surface area contributed by atoms with Crippen molar-refractivity contribution >= 4 is 17.5 Å². The fourth-order valence-electron chi connectivity index (χ4n) is 6.64. The maximum Gasteiger partial charge on any atom is 0.251 e. The molecule has 4 aliphatic carbocycles. The van der Waals surface area contributed by atoms with Crippen molar-refractivity contribution in [2.75, 3.05) is 18.6 Å². The molecule has 1 atom stereocenters. The van der Waals surface area contributed by atoms with Gasteiger partial charge in [-0.1, -0.05) is 0 Å². The Balaban J connectivity index is 1.26. The van der Waals surface area contributed by atoms with E-state index >= 15 is 0 Å². The Kier molecular flexibility index (Phi) is 4.04. The number of carbonyl (C=O) groups is 2. The molecule has 1 saturated heterocycles. The summed E-state index contributed by atoms with van der Waals surface area (Å²) < 4.78 is 5.16. The predicted octanol–water partition coefficient (Wildman–Crippen LogP) is 3.13. The molecular formula is C22H28N2O3. The number of amides is 2. The van der Waals surface area contributed by atoms with Crippen molar-refractivity contribution in [2.45, 2.75) is 51.0 Å². The fourth-order valence-corrected chi connectivity index (χ4v) is 6.64. The maximum absolute atomic E-state index is 12.9. The lowest BCUT2D eigenvalue weighted by molar-refractivity contribution is -0.121. The van der Waals surface area contributed by atoms with Gasteiger partial charge in [0.25, 0.3) is 5.91 Å². The molecule has 5 fully saturated rings. The average molecular weight is 368 g/mol. The molecule has 1 unspecified atom stereocenters. The van der Waals surface area contributed by atoms with Gasteiger partial charge in [-0.25, -0.2) is 4.90 Å². The first-order valence-corrected chi connectivity index (χ1v) is 10.3. The zero-order chi connectivity index (χ0) is 18.6. The minimum atomic E-state index is -0.382. The molecule has 1 N–H and O–H groups in total. The molecule has 2 amide bonds. The van der Waals surface area contributed by atoms with Gasteiger partial charge in [-0.05, 0) is 86.0 Å². The molecular weight excluding hydrogens is 340 g/mol. The number of imide groups is 1. The van der Waals surface area contributed by atoms with Crippen LogP contribution in [-0.2, 0) is 9.59 Å². The molecule has 1 aliphatic heterocycles. The summed E-state index contributed by atoms with van der Waals surface area (Å²) in [5, 5.41) is 3.50. The van der Waals surface area contributed by atoms with Crippen LogP contribution in [0.3, 0.4) is 0 Å². The molecule has 0 aromatic heterocycles. The predicted molar refractivity (Wildman–Crippen MR) is 102 cm³/mol. The molecule has 5 heteroatoms. The number of hydrogen-bond acceptors (Lipinski definition) is 4. The number of ether oxygens (including phenoxy) is 1. The monoisotopic (exact) mass is 368 g/mol. The quantitative estimate of drug-likeness (QED) is 0.811. The number of nitrogens with zero attached hydrogens (tertiary/aromatic N) is 1. The fraction of sp³-hybridized carbons (Fsp3) is 0.636. The second-order valence-corrected chi connectivity index (χ2v) is 9.32. The summed E-state index contributed by atoms with van der Waals surface area (Å²) in [5.74, 6) is 3.18. The van der Waals surface area contributed by atoms with Gasteiger partial charge in [0, 0.05) is 6.54 Å².